The van der Waals surface area contributed by atoms with Crippen molar-refractivity contribution in [3.8, 4) is 23.6 Å². The Kier molecular flexibility index (Phi) is 3.07. The van der Waals surface area contributed by atoms with Gasteiger partial charge in [0.15, 0.2) is 0 Å². The summed E-state index contributed by atoms with van der Waals surface area (Å²) in [6.45, 7) is 0. The zero-order chi connectivity index (χ0) is 13.2. The molecule has 0 saturated heterocycles. The SMILES string of the molecule is C#Cc1ccc(-c2ccc(C(F)(F)F)cn2)cc1. The Morgan fingerprint density at radius 3 is 2.11 bits per heavy atom. The number of terminal acetylenes is 1. The number of benzene rings is 1. The van der Waals surface area contributed by atoms with Crippen molar-refractivity contribution in [3.05, 3.63) is 53.7 Å². The maximum Gasteiger partial charge on any atom is 0.417 e. The molecular weight excluding hydrogens is 239 g/mol. The van der Waals surface area contributed by atoms with Crippen LogP contribution in [0, 0.1) is 12.3 Å². The Morgan fingerprint density at radius 2 is 1.67 bits per heavy atom. The summed E-state index contributed by atoms with van der Waals surface area (Å²) in [5, 5.41) is 0. The van der Waals surface area contributed by atoms with Gasteiger partial charge in [-0.2, -0.15) is 13.2 Å². The molecule has 0 atom stereocenters. The van der Waals surface area contributed by atoms with Gasteiger partial charge in [0.25, 0.3) is 0 Å². The van der Waals surface area contributed by atoms with Crippen molar-refractivity contribution in [2.24, 2.45) is 0 Å². The molecule has 0 bridgehead atoms. The van der Waals surface area contributed by atoms with Crippen molar-refractivity contribution in [1.82, 2.24) is 4.98 Å². The van der Waals surface area contributed by atoms with Crippen LogP contribution in [-0.4, -0.2) is 4.98 Å². The Hall–Kier alpha value is -2.28. The fourth-order valence-corrected chi connectivity index (χ4v) is 1.47. The predicted molar refractivity (Wildman–Crippen MR) is 62.6 cm³/mol. The Balaban J connectivity index is 2.32. The number of halogens is 3. The summed E-state index contributed by atoms with van der Waals surface area (Å²) in [4.78, 5) is 3.80. The topological polar surface area (TPSA) is 12.9 Å². The normalized spacial score (nSPS) is 11.0. The standard InChI is InChI=1S/C14H8F3N/c1-2-10-3-5-11(6-4-10)13-8-7-12(9-18-13)14(15,16)17/h1,3-9H. The molecule has 18 heavy (non-hydrogen) atoms. The van der Waals surface area contributed by atoms with Gasteiger partial charge in [0.1, 0.15) is 0 Å². The van der Waals surface area contributed by atoms with E-state index in [1.807, 2.05) is 0 Å². The van der Waals surface area contributed by atoms with Gasteiger partial charge in [-0.25, -0.2) is 0 Å². The quantitative estimate of drug-likeness (QED) is 0.699. The van der Waals surface area contributed by atoms with E-state index in [4.69, 9.17) is 6.42 Å². The molecule has 1 heterocycles. The lowest BCUT2D eigenvalue weighted by molar-refractivity contribution is -0.137. The van der Waals surface area contributed by atoms with Gasteiger partial charge in [-0.05, 0) is 24.3 Å². The lowest BCUT2D eigenvalue weighted by Gasteiger charge is -2.07. The minimum Gasteiger partial charge on any atom is -0.256 e. The fourth-order valence-electron chi connectivity index (χ4n) is 1.47. The summed E-state index contributed by atoms with van der Waals surface area (Å²) >= 11 is 0. The third-order valence-corrected chi connectivity index (χ3v) is 2.44. The molecule has 0 aliphatic rings. The van der Waals surface area contributed by atoms with Crippen LogP contribution in [-0.2, 0) is 6.18 Å². The van der Waals surface area contributed by atoms with Gasteiger partial charge in [-0.3, -0.25) is 4.98 Å². The summed E-state index contributed by atoms with van der Waals surface area (Å²) in [6.07, 6.45) is 1.68. The Labute approximate surface area is 102 Å². The summed E-state index contributed by atoms with van der Waals surface area (Å²) in [6, 6.07) is 9.24. The first kappa shape index (κ1) is 12.2. The van der Waals surface area contributed by atoms with E-state index < -0.39 is 11.7 Å². The first-order valence-electron chi connectivity index (χ1n) is 5.11. The second kappa shape index (κ2) is 4.53. The number of aromatic nitrogens is 1. The number of alkyl halides is 3. The lowest BCUT2D eigenvalue weighted by atomic mass is 10.1. The van der Waals surface area contributed by atoms with E-state index in [2.05, 4.69) is 10.9 Å². The highest BCUT2D eigenvalue weighted by atomic mass is 19.4. The van der Waals surface area contributed by atoms with E-state index >= 15 is 0 Å². The van der Waals surface area contributed by atoms with Crippen LogP contribution in [0.25, 0.3) is 11.3 Å². The van der Waals surface area contributed by atoms with Gasteiger partial charge in [-0.15, -0.1) is 6.42 Å². The van der Waals surface area contributed by atoms with Crippen LogP contribution in [0.3, 0.4) is 0 Å². The second-order valence-corrected chi connectivity index (χ2v) is 3.65. The van der Waals surface area contributed by atoms with E-state index in [1.54, 1.807) is 24.3 Å². The van der Waals surface area contributed by atoms with Crippen molar-refractivity contribution in [2.75, 3.05) is 0 Å². The highest BCUT2D eigenvalue weighted by Gasteiger charge is 2.30. The van der Waals surface area contributed by atoms with Crippen molar-refractivity contribution < 1.29 is 13.2 Å². The van der Waals surface area contributed by atoms with Gasteiger partial charge in [0.2, 0.25) is 0 Å². The van der Waals surface area contributed by atoms with Crippen LogP contribution in [0.15, 0.2) is 42.6 Å². The van der Waals surface area contributed by atoms with Crippen LogP contribution >= 0.6 is 0 Å². The first-order valence-corrected chi connectivity index (χ1v) is 5.11. The monoisotopic (exact) mass is 247 g/mol. The van der Waals surface area contributed by atoms with Gasteiger partial charge in [0.05, 0.1) is 11.3 Å². The molecule has 0 spiro atoms. The van der Waals surface area contributed by atoms with Crippen LogP contribution in [0.1, 0.15) is 11.1 Å². The molecule has 1 nitrogen and oxygen atoms in total. The number of nitrogens with zero attached hydrogens (tertiary/aromatic N) is 1. The molecule has 0 N–H and O–H groups in total. The van der Waals surface area contributed by atoms with Gasteiger partial charge in [0, 0.05) is 17.3 Å². The molecule has 0 saturated carbocycles. The summed E-state index contributed by atoms with van der Waals surface area (Å²) in [5.41, 5.74) is 1.16. The molecule has 0 aliphatic heterocycles. The molecule has 2 rings (SSSR count). The molecule has 4 heteroatoms. The Morgan fingerprint density at radius 1 is 1.00 bits per heavy atom. The van der Waals surface area contributed by atoms with Gasteiger partial charge >= 0.3 is 6.18 Å². The molecule has 0 fully saturated rings. The number of hydrogen-bond donors (Lipinski definition) is 0. The van der Waals surface area contributed by atoms with Gasteiger partial charge in [-0.1, -0.05) is 18.1 Å². The summed E-state index contributed by atoms with van der Waals surface area (Å²) in [7, 11) is 0. The van der Waals surface area contributed by atoms with E-state index in [9.17, 15) is 13.2 Å². The van der Waals surface area contributed by atoms with Crippen LogP contribution in [0.2, 0.25) is 0 Å². The maximum atomic E-state index is 12.4. The molecule has 1 aromatic heterocycles. The third-order valence-electron chi connectivity index (χ3n) is 2.44. The molecular formula is C14H8F3N. The molecule has 0 amide bonds. The molecule has 2 aromatic rings. The molecule has 90 valence electrons. The van der Waals surface area contributed by atoms with Crippen molar-refractivity contribution in [2.45, 2.75) is 6.18 Å². The maximum absolute atomic E-state index is 12.4. The highest BCUT2D eigenvalue weighted by Crippen LogP contribution is 2.29. The second-order valence-electron chi connectivity index (χ2n) is 3.65. The first-order chi connectivity index (χ1) is 8.50. The smallest absolute Gasteiger partial charge is 0.256 e. The predicted octanol–water partition coefficient (Wildman–Crippen LogP) is 3.75. The minimum atomic E-state index is -4.36. The van der Waals surface area contributed by atoms with Crippen molar-refractivity contribution in [3.63, 3.8) is 0 Å². The third kappa shape index (κ3) is 2.51. The van der Waals surface area contributed by atoms with E-state index in [-0.39, 0.29) is 0 Å². The molecule has 0 unspecified atom stereocenters. The summed E-state index contributed by atoms with van der Waals surface area (Å²) in [5.74, 6) is 2.47. The zero-order valence-corrected chi connectivity index (χ0v) is 9.20. The van der Waals surface area contributed by atoms with E-state index in [1.165, 1.54) is 6.07 Å². The largest absolute Gasteiger partial charge is 0.417 e. The number of rotatable bonds is 1. The van der Waals surface area contributed by atoms with Gasteiger partial charge < -0.3 is 0 Å². The Bertz CT molecular complexity index is 574. The van der Waals surface area contributed by atoms with Crippen LogP contribution in [0.4, 0.5) is 13.2 Å². The fraction of sp³-hybridized carbons (Fsp3) is 0.0714. The zero-order valence-electron chi connectivity index (χ0n) is 9.20. The van der Waals surface area contributed by atoms with Crippen LogP contribution in [0.5, 0.6) is 0 Å². The number of hydrogen-bond acceptors (Lipinski definition) is 1. The number of pyridine rings is 1. The average Bonchev–Trinajstić information content (AvgIpc) is 2.38. The van der Waals surface area contributed by atoms with Crippen molar-refractivity contribution >= 4 is 0 Å². The highest BCUT2D eigenvalue weighted by molar-refractivity contribution is 5.60. The molecule has 1 aromatic carbocycles. The van der Waals surface area contributed by atoms with E-state index in [0.717, 1.165) is 17.8 Å². The lowest BCUT2D eigenvalue weighted by Crippen LogP contribution is -2.05. The summed E-state index contributed by atoms with van der Waals surface area (Å²) < 4.78 is 37.1. The van der Waals surface area contributed by atoms with Crippen molar-refractivity contribution in [1.29, 1.82) is 0 Å². The van der Waals surface area contributed by atoms with Crippen LogP contribution < -0.4 is 0 Å². The molecule has 0 radical (unpaired) electrons. The van der Waals surface area contributed by atoms with E-state index in [0.29, 0.717) is 11.3 Å². The molecule has 0 aliphatic carbocycles. The minimum absolute atomic E-state index is 0.478. The average molecular weight is 247 g/mol.